The molecule has 0 radical (unpaired) electrons. The minimum Gasteiger partial charge on any atom is -0.460 e. The van der Waals surface area contributed by atoms with Gasteiger partial charge < -0.3 is 4.74 Å². The Labute approximate surface area is 154 Å². The molecule has 1 rings (SSSR count). The van der Waals surface area contributed by atoms with E-state index in [4.69, 9.17) is 0 Å². The van der Waals surface area contributed by atoms with Crippen molar-refractivity contribution in [2.75, 3.05) is 13.2 Å². The molecule has 0 saturated heterocycles. The summed E-state index contributed by atoms with van der Waals surface area (Å²) in [5.41, 5.74) is 1.23. The maximum Gasteiger partial charge on any atom is 0.333 e. The molecular weight excluding hydrogens is 332 g/mol. The molecule has 0 aromatic heterocycles. The smallest absolute Gasteiger partial charge is 0.333 e. The van der Waals surface area contributed by atoms with E-state index in [2.05, 4.69) is 53.9 Å². The van der Waals surface area contributed by atoms with E-state index in [1.54, 1.807) is 13.0 Å². The van der Waals surface area contributed by atoms with E-state index in [9.17, 15) is 14.4 Å². The SMILES string of the molecule is C=C(C)C(=O)OCCN=C=O.C=C(C)C(N=C=O)C1C=CC=CC1(C)C. The number of esters is 1. The number of allylic oxidation sites excluding steroid dienone is 3. The van der Waals surface area contributed by atoms with Crippen LogP contribution in [-0.2, 0) is 19.1 Å². The van der Waals surface area contributed by atoms with E-state index in [0.717, 1.165) is 5.57 Å². The van der Waals surface area contributed by atoms with Gasteiger partial charge in [-0.25, -0.2) is 19.4 Å². The Kier molecular flexibility index (Phi) is 10.4. The predicted molar refractivity (Wildman–Crippen MR) is 101 cm³/mol. The highest BCUT2D eigenvalue weighted by atomic mass is 16.5. The zero-order valence-electron chi connectivity index (χ0n) is 15.8. The summed E-state index contributed by atoms with van der Waals surface area (Å²) in [4.78, 5) is 37.6. The standard InChI is InChI=1S/C13H17NO.C7H9NO3/c1-10(2)12(14-9-15)11-7-5-6-8-13(11,3)4;1-6(2)7(10)11-4-3-8-5-9/h5-8,11-12H,1H2,2-4H3;1,3-4H2,2H3. The van der Waals surface area contributed by atoms with Crippen LogP contribution in [0, 0.1) is 11.3 Å². The molecule has 0 aliphatic heterocycles. The largest absolute Gasteiger partial charge is 0.460 e. The number of hydrogen-bond donors (Lipinski definition) is 0. The topological polar surface area (TPSA) is 85.2 Å². The zero-order chi connectivity index (χ0) is 20.2. The number of aliphatic imine (C=N–C) groups is 2. The van der Waals surface area contributed by atoms with Gasteiger partial charge in [-0.05, 0) is 19.3 Å². The van der Waals surface area contributed by atoms with E-state index in [1.807, 2.05) is 19.1 Å². The number of hydrogen-bond acceptors (Lipinski definition) is 6. The van der Waals surface area contributed by atoms with Gasteiger partial charge in [0.05, 0.1) is 12.6 Å². The average molecular weight is 358 g/mol. The quantitative estimate of drug-likeness (QED) is 0.174. The Balaban J connectivity index is 0.000000508. The van der Waals surface area contributed by atoms with Gasteiger partial charge in [-0.1, -0.05) is 56.9 Å². The fraction of sp³-hybridized carbons (Fsp3) is 0.450. The Hall–Kier alpha value is -2.81. The Morgan fingerprint density at radius 1 is 1.23 bits per heavy atom. The summed E-state index contributed by atoms with van der Waals surface area (Å²) >= 11 is 0. The first kappa shape index (κ1) is 23.2. The molecular formula is C20H26N2O4. The van der Waals surface area contributed by atoms with E-state index in [1.165, 1.54) is 6.08 Å². The Morgan fingerprint density at radius 3 is 2.35 bits per heavy atom. The molecule has 26 heavy (non-hydrogen) atoms. The highest BCUT2D eigenvalue weighted by Crippen LogP contribution is 2.37. The average Bonchev–Trinajstić information content (AvgIpc) is 2.57. The summed E-state index contributed by atoms with van der Waals surface area (Å²) in [7, 11) is 0. The minimum atomic E-state index is -0.467. The van der Waals surface area contributed by atoms with Gasteiger partial charge >= 0.3 is 5.97 Å². The third-order valence-corrected chi connectivity index (χ3v) is 3.70. The lowest BCUT2D eigenvalue weighted by Crippen LogP contribution is -2.32. The van der Waals surface area contributed by atoms with E-state index < -0.39 is 5.97 Å². The molecule has 0 aromatic carbocycles. The molecule has 0 heterocycles. The number of rotatable bonds is 7. The van der Waals surface area contributed by atoms with Crippen molar-refractivity contribution in [3.05, 3.63) is 48.6 Å². The van der Waals surface area contributed by atoms with Crippen LogP contribution in [0.4, 0.5) is 0 Å². The second-order valence-corrected chi connectivity index (χ2v) is 6.49. The fourth-order valence-corrected chi connectivity index (χ4v) is 2.27. The van der Waals surface area contributed by atoms with Crippen molar-refractivity contribution in [2.45, 2.75) is 33.7 Å². The van der Waals surface area contributed by atoms with E-state index in [-0.39, 0.29) is 30.5 Å². The second-order valence-electron chi connectivity index (χ2n) is 6.49. The molecule has 0 bridgehead atoms. The van der Waals surface area contributed by atoms with Crippen molar-refractivity contribution >= 4 is 18.1 Å². The highest BCUT2D eigenvalue weighted by molar-refractivity contribution is 5.86. The fourth-order valence-electron chi connectivity index (χ4n) is 2.27. The van der Waals surface area contributed by atoms with Crippen LogP contribution in [0.3, 0.4) is 0 Å². The summed E-state index contributed by atoms with van der Waals surface area (Å²) in [6.07, 6.45) is 11.2. The summed E-state index contributed by atoms with van der Waals surface area (Å²) in [6, 6.07) is -0.168. The van der Waals surface area contributed by atoms with Crippen LogP contribution in [0.15, 0.2) is 58.6 Å². The molecule has 0 amide bonds. The van der Waals surface area contributed by atoms with Gasteiger partial charge in [0.2, 0.25) is 12.2 Å². The maximum absolute atomic E-state index is 10.6. The van der Waals surface area contributed by atoms with Crippen molar-refractivity contribution in [3.8, 4) is 0 Å². The third kappa shape index (κ3) is 8.34. The summed E-state index contributed by atoms with van der Waals surface area (Å²) in [5, 5.41) is 0. The Morgan fingerprint density at radius 2 is 1.88 bits per heavy atom. The molecule has 0 fully saturated rings. The van der Waals surface area contributed by atoms with Crippen LogP contribution in [0.1, 0.15) is 27.7 Å². The molecule has 1 aliphatic carbocycles. The number of carbonyl (C=O) groups excluding carboxylic acids is 3. The van der Waals surface area contributed by atoms with Gasteiger partial charge in [0.25, 0.3) is 0 Å². The predicted octanol–water partition coefficient (Wildman–Crippen LogP) is 3.48. The van der Waals surface area contributed by atoms with Crippen molar-refractivity contribution in [2.24, 2.45) is 21.3 Å². The van der Waals surface area contributed by atoms with Crippen molar-refractivity contribution in [1.29, 1.82) is 0 Å². The monoisotopic (exact) mass is 358 g/mol. The maximum atomic E-state index is 10.6. The molecule has 6 heteroatoms. The highest BCUT2D eigenvalue weighted by Gasteiger charge is 2.33. The van der Waals surface area contributed by atoms with Crippen LogP contribution in [0.5, 0.6) is 0 Å². The summed E-state index contributed by atoms with van der Waals surface area (Å²) in [6.45, 7) is 15.2. The molecule has 1 aliphatic rings. The van der Waals surface area contributed by atoms with Gasteiger partial charge in [0, 0.05) is 11.5 Å². The lowest BCUT2D eigenvalue weighted by atomic mass is 9.71. The number of carbonyl (C=O) groups is 1. The van der Waals surface area contributed by atoms with E-state index in [0.29, 0.717) is 5.57 Å². The van der Waals surface area contributed by atoms with Crippen LogP contribution in [0.2, 0.25) is 0 Å². The van der Waals surface area contributed by atoms with Gasteiger partial charge in [0.15, 0.2) is 0 Å². The number of ether oxygens (including phenoxy) is 1. The van der Waals surface area contributed by atoms with Gasteiger partial charge in [-0.15, -0.1) is 0 Å². The summed E-state index contributed by atoms with van der Waals surface area (Å²) < 4.78 is 4.59. The number of isocyanates is 2. The second kappa shape index (κ2) is 11.7. The molecule has 6 nitrogen and oxygen atoms in total. The van der Waals surface area contributed by atoms with Crippen molar-refractivity contribution in [1.82, 2.24) is 0 Å². The van der Waals surface area contributed by atoms with Gasteiger partial charge in [-0.2, -0.15) is 4.99 Å². The van der Waals surface area contributed by atoms with Crippen molar-refractivity contribution in [3.63, 3.8) is 0 Å². The van der Waals surface area contributed by atoms with Crippen LogP contribution in [-0.4, -0.2) is 37.3 Å². The lowest BCUT2D eigenvalue weighted by Gasteiger charge is -2.35. The van der Waals surface area contributed by atoms with Gasteiger partial charge in [0.1, 0.15) is 6.61 Å². The molecule has 0 saturated carbocycles. The lowest BCUT2D eigenvalue weighted by molar-refractivity contribution is -0.138. The zero-order valence-corrected chi connectivity index (χ0v) is 15.8. The van der Waals surface area contributed by atoms with Crippen LogP contribution in [0.25, 0.3) is 0 Å². The molecule has 2 atom stereocenters. The van der Waals surface area contributed by atoms with E-state index >= 15 is 0 Å². The van der Waals surface area contributed by atoms with Crippen LogP contribution >= 0.6 is 0 Å². The first-order valence-electron chi connectivity index (χ1n) is 8.12. The first-order valence-corrected chi connectivity index (χ1v) is 8.12. The summed E-state index contributed by atoms with van der Waals surface area (Å²) in [5.74, 6) is -0.285. The number of nitrogens with zero attached hydrogens (tertiary/aromatic N) is 2. The first-order chi connectivity index (χ1) is 12.2. The molecule has 0 N–H and O–H groups in total. The third-order valence-electron chi connectivity index (χ3n) is 3.70. The molecule has 0 spiro atoms. The molecule has 140 valence electrons. The van der Waals surface area contributed by atoms with Crippen LogP contribution < -0.4 is 0 Å². The van der Waals surface area contributed by atoms with Crippen molar-refractivity contribution < 1.29 is 19.1 Å². The minimum absolute atomic E-state index is 0.00127. The normalized spacial score (nSPS) is 17.5. The van der Waals surface area contributed by atoms with Gasteiger partial charge in [-0.3, -0.25) is 0 Å². The molecule has 0 aromatic rings. The molecule has 2 unspecified atom stereocenters. The Bertz CT molecular complexity index is 674.